The Balaban J connectivity index is 1.75. The summed E-state index contributed by atoms with van der Waals surface area (Å²) in [5.41, 5.74) is 2.05. The molecule has 0 bridgehead atoms. The second-order valence-corrected chi connectivity index (χ2v) is 7.13. The predicted molar refractivity (Wildman–Crippen MR) is 110 cm³/mol. The van der Waals surface area contributed by atoms with Gasteiger partial charge in [-0.25, -0.2) is 0 Å². The fraction of sp³-hybridized carbons (Fsp3) is 0.381. The number of aryl methyl sites for hydroxylation is 1. The summed E-state index contributed by atoms with van der Waals surface area (Å²) < 4.78 is 11.0. The molecule has 0 spiro atoms. The number of ether oxygens (including phenoxy) is 1. The lowest BCUT2D eigenvalue weighted by atomic mass is 9.94. The summed E-state index contributed by atoms with van der Waals surface area (Å²) in [5.74, 6) is 2.31. The molecule has 2 aromatic rings. The largest absolute Gasteiger partial charge is 0.495 e. The first kappa shape index (κ1) is 18.5. The van der Waals surface area contributed by atoms with Crippen LogP contribution in [-0.4, -0.2) is 23.7 Å². The number of benzene rings is 1. The Kier molecular flexibility index (Phi) is 6.34. The van der Waals surface area contributed by atoms with Crippen molar-refractivity contribution in [3.05, 3.63) is 60.1 Å². The van der Waals surface area contributed by atoms with E-state index >= 15 is 0 Å². The number of thiocarbonyl (C=S) groups is 1. The van der Waals surface area contributed by atoms with Gasteiger partial charge in [-0.1, -0.05) is 18.2 Å². The molecule has 1 heterocycles. The van der Waals surface area contributed by atoms with Gasteiger partial charge in [-0.2, -0.15) is 0 Å². The lowest BCUT2D eigenvalue weighted by Gasteiger charge is -2.30. The first-order valence-corrected chi connectivity index (χ1v) is 9.44. The number of nitrogens with one attached hydrogen (secondary N) is 1. The second kappa shape index (κ2) is 8.90. The van der Waals surface area contributed by atoms with E-state index in [1.54, 1.807) is 13.4 Å². The smallest absolute Gasteiger partial charge is 0.173 e. The molecule has 1 aliphatic carbocycles. The Labute approximate surface area is 160 Å². The highest BCUT2D eigenvalue weighted by atomic mass is 32.1. The maximum absolute atomic E-state index is 5.75. The molecule has 0 fully saturated rings. The first-order chi connectivity index (χ1) is 12.7. The van der Waals surface area contributed by atoms with E-state index in [1.807, 2.05) is 24.3 Å². The van der Waals surface area contributed by atoms with Crippen LogP contribution in [0.15, 0.2) is 53.2 Å². The van der Waals surface area contributed by atoms with Crippen LogP contribution in [0, 0.1) is 12.8 Å². The van der Waals surface area contributed by atoms with Crippen LogP contribution in [0.4, 0.5) is 5.69 Å². The fourth-order valence-electron chi connectivity index (χ4n) is 3.26. The van der Waals surface area contributed by atoms with E-state index in [2.05, 4.69) is 35.4 Å². The molecule has 0 saturated heterocycles. The van der Waals surface area contributed by atoms with Crippen LogP contribution in [-0.2, 0) is 6.54 Å². The van der Waals surface area contributed by atoms with Gasteiger partial charge in [-0.15, -0.1) is 0 Å². The average Bonchev–Trinajstić information content (AvgIpc) is 3.15. The molecule has 1 aliphatic rings. The first-order valence-electron chi connectivity index (χ1n) is 9.03. The van der Waals surface area contributed by atoms with Crippen LogP contribution in [0.2, 0.25) is 0 Å². The molecule has 4 nitrogen and oxygen atoms in total. The monoisotopic (exact) mass is 370 g/mol. The minimum atomic E-state index is 0.606. The van der Waals surface area contributed by atoms with E-state index in [1.165, 1.54) is 6.42 Å². The van der Waals surface area contributed by atoms with Crippen molar-refractivity contribution >= 4 is 23.0 Å². The Morgan fingerprint density at radius 1 is 1.35 bits per heavy atom. The van der Waals surface area contributed by atoms with Gasteiger partial charge in [0.05, 0.1) is 25.6 Å². The van der Waals surface area contributed by atoms with Crippen LogP contribution < -0.4 is 10.1 Å². The minimum absolute atomic E-state index is 0.606. The standard InChI is InChI=1S/C21H26N2O2S/c1-16-10-11-20(24-2)19(13-16)22-21(26)23(15-18-9-6-12-25-18)14-17-7-4-3-5-8-17/h3-4,6,9-13,17H,5,7-8,14-15H2,1-2H3,(H,22,26). The van der Waals surface area contributed by atoms with Crippen molar-refractivity contribution in [2.75, 3.05) is 19.0 Å². The summed E-state index contributed by atoms with van der Waals surface area (Å²) in [6, 6.07) is 9.95. The van der Waals surface area contributed by atoms with Gasteiger partial charge >= 0.3 is 0 Å². The van der Waals surface area contributed by atoms with Crippen LogP contribution >= 0.6 is 12.2 Å². The second-order valence-electron chi connectivity index (χ2n) is 6.74. The zero-order valence-electron chi connectivity index (χ0n) is 15.4. The molecule has 0 saturated carbocycles. The third-order valence-corrected chi connectivity index (χ3v) is 5.03. The van der Waals surface area contributed by atoms with Gasteiger partial charge in [0, 0.05) is 6.54 Å². The molecule has 138 valence electrons. The number of allylic oxidation sites excluding steroid dienone is 2. The molecule has 3 rings (SSSR count). The quantitative estimate of drug-likeness (QED) is 0.562. The third kappa shape index (κ3) is 4.88. The van der Waals surface area contributed by atoms with E-state index in [-0.39, 0.29) is 0 Å². The summed E-state index contributed by atoms with van der Waals surface area (Å²) in [6.45, 7) is 3.63. The van der Waals surface area contributed by atoms with Gasteiger partial charge in [0.25, 0.3) is 0 Å². The summed E-state index contributed by atoms with van der Waals surface area (Å²) in [7, 11) is 1.67. The van der Waals surface area contributed by atoms with E-state index in [0.29, 0.717) is 17.6 Å². The predicted octanol–water partition coefficient (Wildman–Crippen LogP) is 5.15. The van der Waals surface area contributed by atoms with Crippen molar-refractivity contribution in [3.63, 3.8) is 0 Å². The molecule has 0 aliphatic heterocycles. The molecular weight excluding hydrogens is 344 g/mol. The van der Waals surface area contributed by atoms with Gasteiger partial charge in [-0.3, -0.25) is 0 Å². The van der Waals surface area contributed by atoms with Crippen molar-refractivity contribution in [2.24, 2.45) is 5.92 Å². The zero-order valence-corrected chi connectivity index (χ0v) is 16.2. The van der Waals surface area contributed by atoms with Gasteiger partial charge < -0.3 is 19.4 Å². The number of methoxy groups -OCH3 is 1. The van der Waals surface area contributed by atoms with Crippen molar-refractivity contribution in [1.29, 1.82) is 0 Å². The molecule has 1 unspecified atom stereocenters. The van der Waals surface area contributed by atoms with E-state index in [9.17, 15) is 0 Å². The fourth-order valence-corrected chi connectivity index (χ4v) is 3.51. The van der Waals surface area contributed by atoms with Gasteiger partial charge in [0.1, 0.15) is 11.5 Å². The van der Waals surface area contributed by atoms with Crippen molar-refractivity contribution < 1.29 is 9.15 Å². The lowest BCUT2D eigenvalue weighted by molar-refractivity contribution is 0.298. The Hall–Kier alpha value is -2.27. The maximum Gasteiger partial charge on any atom is 0.173 e. The topological polar surface area (TPSA) is 37.6 Å². The highest BCUT2D eigenvalue weighted by Crippen LogP contribution is 2.27. The molecule has 1 aromatic carbocycles. The molecule has 5 heteroatoms. The summed E-state index contributed by atoms with van der Waals surface area (Å²) in [6.07, 6.45) is 9.69. The molecule has 1 N–H and O–H groups in total. The SMILES string of the molecule is COc1ccc(C)cc1NC(=S)N(Cc1ccco1)CC1CC=CCC1. The summed E-state index contributed by atoms with van der Waals surface area (Å²) in [5, 5.41) is 4.07. The molecule has 1 aromatic heterocycles. The van der Waals surface area contributed by atoms with Crippen LogP contribution in [0.25, 0.3) is 0 Å². The molecule has 26 heavy (non-hydrogen) atoms. The van der Waals surface area contributed by atoms with Crippen LogP contribution in [0.3, 0.4) is 0 Å². The Morgan fingerprint density at radius 3 is 2.92 bits per heavy atom. The zero-order chi connectivity index (χ0) is 18.4. The number of hydrogen-bond donors (Lipinski definition) is 1. The average molecular weight is 371 g/mol. The number of hydrogen-bond acceptors (Lipinski definition) is 3. The van der Waals surface area contributed by atoms with Crippen LogP contribution in [0.1, 0.15) is 30.6 Å². The summed E-state index contributed by atoms with van der Waals surface area (Å²) >= 11 is 5.75. The Morgan fingerprint density at radius 2 is 2.23 bits per heavy atom. The van der Waals surface area contributed by atoms with E-state index in [4.69, 9.17) is 21.4 Å². The number of anilines is 1. The highest BCUT2D eigenvalue weighted by molar-refractivity contribution is 7.80. The van der Waals surface area contributed by atoms with Gasteiger partial charge in [0.15, 0.2) is 5.11 Å². The minimum Gasteiger partial charge on any atom is -0.495 e. The van der Waals surface area contributed by atoms with E-state index in [0.717, 1.165) is 42.1 Å². The molecular formula is C21H26N2O2S. The number of nitrogens with zero attached hydrogens (tertiary/aromatic N) is 1. The number of furan rings is 1. The van der Waals surface area contributed by atoms with Crippen molar-refractivity contribution in [2.45, 2.75) is 32.7 Å². The normalized spacial score (nSPS) is 16.3. The summed E-state index contributed by atoms with van der Waals surface area (Å²) in [4.78, 5) is 2.19. The number of rotatable bonds is 6. The van der Waals surface area contributed by atoms with Crippen molar-refractivity contribution in [3.8, 4) is 5.75 Å². The van der Waals surface area contributed by atoms with Gasteiger partial charge in [0.2, 0.25) is 0 Å². The van der Waals surface area contributed by atoms with Crippen molar-refractivity contribution in [1.82, 2.24) is 4.90 Å². The lowest BCUT2D eigenvalue weighted by Crippen LogP contribution is -2.38. The van der Waals surface area contributed by atoms with Crippen LogP contribution in [0.5, 0.6) is 5.75 Å². The third-order valence-electron chi connectivity index (χ3n) is 4.67. The maximum atomic E-state index is 5.75. The molecule has 1 atom stereocenters. The van der Waals surface area contributed by atoms with E-state index < -0.39 is 0 Å². The highest BCUT2D eigenvalue weighted by Gasteiger charge is 2.19. The van der Waals surface area contributed by atoms with Gasteiger partial charge in [-0.05, 0) is 74.2 Å². The Bertz CT molecular complexity index is 755. The molecule has 0 amide bonds. The molecule has 0 radical (unpaired) electrons.